The highest BCUT2D eigenvalue weighted by Gasteiger charge is 2.39. The first-order valence-electron chi connectivity index (χ1n) is 6.10. The zero-order valence-corrected chi connectivity index (χ0v) is 10.8. The van der Waals surface area contributed by atoms with E-state index in [-0.39, 0.29) is 18.9 Å². The molecule has 2 aromatic rings. The minimum Gasteiger partial charge on any atom is -0.365 e. The lowest BCUT2D eigenvalue weighted by molar-refractivity contribution is 0.00852. The number of nitrogens with one attached hydrogen (secondary N) is 1. The third-order valence-corrected chi connectivity index (χ3v) is 3.67. The van der Waals surface area contributed by atoms with Crippen LogP contribution in [0.5, 0.6) is 0 Å². The quantitative estimate of drug-likeness (QED) is 0.909. The molecule has 0 bridgehead atoms. The molecule has 0 radical (unpaired) electrons. The van der Waals surface area contributed by atoms with Crippen LogP contribution in [0.1, 0.15) is 19.3 Å². The van der Waals surface area contributed by atoms with Gasteiger partial charge in [0.05, 0.1) is 0 Å². The molecule has 0 spiro atoms. The lowest BCUT2D eigenvalue weighted by Gasteiger charge is -2.14. The van der Waals surface area contributed by atoms with E-state index in [0.717, 1.165) is 10.8 Å². The summed E-state index contributed by atoms with van der Waals surface area (Å²) in [5.41, 5.74) is 0. The second-order valence-electron chi connectivity index (χ2n) is 4.83. The van der Waals surface area contributed by atoms with Gasteiger partial charge < -0.3 is 5.32 Å². The van der Waals surface area contributed by atoms with Crippen molar-refractivity contribution in [3.8, 4) is 0 Å². The average molecular weight is 284 g/mol. The molecule has 1 heterocycles. The van der Waals surface area contributed by atoms with Gasteiger partial charge in [0.25, 0.3) is 0 Å². The Labute approximate surface area is 114 Å². The normalized spacial score (nSPS) is 21.7. The van der Waals surface area contributed by atoms with Crippen molar-refractivity contribution in [3.05, 3.63) is 29.4 Å². The molecular weight excluding hydrogens is 272 g/mol. The summed E-state index contributed by atoms with van der Waals surface area (Å²) < 4.78 is 26.4. The number of aromatic nitrogens is 2. The van der Waals surface area contributed by atoms with Gasteiger partial charge in [0.15, 0.2) is 11.0 Å². The number of alkyl halides is 2. The fourth-order valence-electron chi connectivity index (χ4n) is 2.44. The summed E-state index contributed by atoms with van der Waals surface area (Å²) in [5.74, 6) is -2.06. The second kappa shape index (κ2) is 4.56. The smallest absolute Gasteiger partial charge is 0.250 e. The summed E-state index contributed by atoms with van der Waals surface area (Å²) in [4.78, 5) is 0. The highest BCUT2D eigenvalue weighted by molar-refractivity contribution is 6.34. The molecular formula is C13H12ClF2N3. The molecule has 19 heavy (non-hydrogen) atoms. The number of nitrogens with zero attached hydrogens (tertiary/aromatic N) is 2. The van der Waals surface area contributed by atoms with Crippen molar-refractivity contribution in [2.45, 2.75) is 31.2 Å². The van der Waals surface area contributed by atoms with Crippen molar-refractivity contribution < 1.29 is 8.78 Å². The fraction of sp³-hybridized carbons (Fsp3) is 0.385. The molecule has 1 aromatic heterocycles. The van der Waals surface area contributed by atoms with Crippen LogP contribution in [0.25, 0.3) is 10.8 Å². The summed E-state index contributed by atoms with van der Waals surface area (Å²) >= 11 is 5.97. The zero-order chi connectivity index (χ0) is 13.5. The van der Waals surface area contributed by atoms with Crippen LogP contribution >= 0.6 is 11.6 Å². The Hall–Kier alpha value is -1.49. The van der Waals surface area contributed by atoms with Crippen LogP contribution in [-0.4, -0.2) is 22.2 Å². The first-order chi connectivity index (χ1) is 9.05. The molecule has 0 saturated heterocycles. The largest absolute Gasteiger partial charge is 0.365 e. The number of rotatable bonds is 2. The van der Waals surface area contributed by atoms with E-state index in [0.29, 0.717) is 17.4 Å². The van der Waals surface area contributed by atoms with Crippen molar-refractivity contribution in [1.29, 1.82) is 0 Å². The molecule has 1 atom stereocenters. The third kappa shape index (κ3) is 2.47. The molecule has 3 rings (SSSR count). The van der Waals surface area contributed by atoms with Crippen molar-refractivity contribution in [1.82, 2.24) is 10.2 Å². The van der Waals surface area contributed by atoms with Crippen LogP contribution in [0.15, 0.2) is 24.3 Å². The van der Waals surface area contributed by atoms with Crippen molar-refractivity contribution >= 4 is 28.2 Å². The summed E-state index contributed by atoms with van der Waals surface area (Å²) in [6.45, 7) is 0. The van der Waals surface area contributed by atoms with Gasteiger partial charge in [-0.2, -0.15) is 0 Å². The van der Waals surface area contributed by atoms with Gasteiger partial charge in [-0.25, -0.2) is 8.78 Å². The summed E-state index contributed by atoms with van der Waals surface area (Å²) in [6.07, 6.45) is 0.195. The highest BCUT2D eigenvalue weighted by atomic mass is 35.5. The monoisotopic (exact) mass is 283 g/mol. The van der Waals surface area contributed by atoms with Gasteiger partial charge in [-0.1, -0.05) is 35.9 Å². The Kier molecular flexibility index (Phi) is 3.01. The van der Waals surface area contributed by atoms with Gasteiger partial charge in [0.1, 0.15) is 0 Å². The molecule has 6 heteroatoms. The zero-order valence-electron chi connectivity index (χ0n) is 10.0. The van der Waals surface area contributed by atoms with E-state index in [2.05, 4.69) is 15.5 Å². The van der Waals surface area contributed by atoms with E-state index in [1.165, 1.54) is 0 Å². The molecule has 100 valence electrons. The highest BCUT2D eigenvalue weighted by Crippen LogP contribution is 2.37. The summed E-state index contributed by atoms with van der Waals surface area (Å²) in [7, 11) is 0. The van der Waals surface area contributed by atoms with Crippen LogP contribution in [0.2, 0.25) is 5.15 Å². The average Bonchev–Trinajstić information content (AvgIpc) is 2.73. The number of hydrogen-bond acceptors (Lipinski definition) is 3. The topological polar surface area (TPSA) is 37.8 Å². The van der Waals surface area contributed by atoms with Crippen LogP contribution in [-0.2, 0) is 0 Å². The van der Waals surface area contributed by atoms with Gasteiger partial charge in [-0.3, -0.25) is 0 Å². The van der Waals surface area contributed by atoms with Crippen molar-refractivity contribution in [2.24, 2.45) is 0 Å². The number of hydrogen-bond donors (Lipinski definition) is 1. The summed E-state index contributed by atoms with van der Waals surface area (Å²) in [6, 6.07) is 7.12. The minimum absolute atomic E-state index is 0.0797. The molecule has 1 fully saturated rings. The predicted octanol–water partition coefficient (Wildman–Crippen LogP) is 3.88. The van der Waals surface area contributed by atoms with E-state index < -0.39 is 5.92 Å². The Balaban J connectivity index is 1.92. The maximum atomic E-state index is 13.2. The molecule has 0 amide bonds. The lowest BCUT2D eigenvalue weighted by atomic mass is 10.1. The number of benzene rings is 1. The van der Waals surface area contributed by atoms with E-state index in [9.17, 15) is 8.78 Å². The van der Waals surface area contributed by atoms with Gasteiger partial charge in [-0.15, -0.1) is 10.2 Å². The van der Waals surface area contributed by atoms with Crippen LogP contribution in [0.3, 0.4) is 0 Å². The number of fused-ring (bicyclic) bond motifs is 1. The lowest BCUT2D eigenvalue weighted by Crippen LogP contribution is -2.20. The SMILES string of the molecule is FC1(F)CC[C@H](Nc2nnc(Cl)c3ccccc23)C1. The number of anilines is 1. The molecule has 1 aliphatic rings. The Bertz CT molecular complexity index is 618. The maximum absolute atomic E-state index is 13.2. The summed E-state index contributed by atoms with van der Waals surface area (Å²) in [5, 5.41) is 12.8. The minimum atomic E-state index is -2.58. The van der Waals surface area contributed by atoms with Crippen molar-refractivity contribution in [2.75, 3.05) is 5.32 Å². The molecule has 0 aliphatic heterocycles. The Morgan fingerprint density at radius 1 is 1.21 bits per heavy atom. The fourth-order valence-corrected chi connectivity index (χ4v) is 2.65. The predicted molar refractivity (Wildman–Crippen MR) is 70.8 cm³/mol. The second-order valence-corrected chi connectivity index (χ2v) is 5.18. The van der Waals surface area contributed by atoms with Crippen molar-refractivity contribution in [3.63, 3.8) is 0 Å². The molecule has 3 nitrogen and oxygen atoms in total. The van der Waals surface area contributed by atoms with Gasteiger partial charge >= 0.3 is 0 Å². The third-order valence-electron chi connectivity index (χ3n) is 3.39. The standard InChI is InChI=1S/C13H12ClF2N3/c14-11-9-3-1-2-4-10(9)12(19-18-11)17-8-5-6-13(15,16)7-8/h1-4,8H,5-7H2,(H,17,19)/t8-/m0/s1. The first-order valence-corrected chi connectivity index (χ1v) is 6.48. The van der Waals surface area contributed by atoms with E-state index in [1.54, 1.807) is 0 Å². The van der Waals surface area contributed by atoms with Crippen LogP contribution in [0, 0.1) is 0 Å². The Morgan fingerprint density at radius 3 is 2.63 bits per heavy atom. The first kappa shape index (κ1) is 12.5. The van der Waals surface area contributed by atoms with Crippen LogP contribution in [0.4, 0.5) is 14.6 Å². The molecule has 1 aliphatic carbocycles. The van der Waals surface area contributed by atoms with E-state index in [4.69, 9.17) is 11.6 Å². The molecule has 1 aromatic carbocycles. The maximum Gasteiger partial charge on any atom is 0.250 e. The number of halogens is 3. The van der Waals surface area contributed by atoms with E-state index in [1.807, 2.05) is 24.3 Å². The molecule has 0 unspecified atom stereocenters. The Morgan fingerprint density at radius 2 is 1.95 bits per heavy atom. The molecule has 1 N–H and O–H groups in total. The van der Waals surface area contributed by atoms with E-state index >= 15 is 0 Å². The van der Waals surface area contributed by atoms with Crippen LogP contribution < -0.4 is 5.32 Å². The van der Waals surface area contributed by atoms with Gasteiger partial charge in [0.2, 0.25) is 5.92 Å². The molecule has 1 saturated carbocycles. The van der Waals surface area contributed by atoms with Gasteiger partial charge in [0, 0.05) is 29.7 Å². The van der Waals surface area contributed by atoms with Gasteiger partial charge in [-0.05, 0) is 6.42 Å².